The first kappa shape index (κ1) is 16.4. The van der Waals surface area contributed by atoms with Gasteiger partial charge in [-0.25, -0.2) is 0 Å². The molecule has 8 heteroatoms. The quantitative estimate of drug-likeness (QED) is 0.394. The molecule has 0 aliphatic carbocycles. The van der Waals surface area contributed by atoms with Gasteiger partial charge in [-0.05, 0) is 24.1 Å². The maximum Gasteiger partial charge on any atom is 0.239 e. The van der Waals surface area contributed by atoms with E-state index in [0.717, 1.165) is 5.56 Å². The molecule has 3 amide bonds. The van der Waals surface area contributed by atoms with E-state index < -0.39 is 23.8 Å². The molecule has 114 valence electrons. The fourth-order valence-electron chi connectivity index (χ4n) is 1.53. The average molecular weight is 294 g/mol. The molecule has 0 aliphatic heterocycles. The molecule has 0 radical (unpaired) electrons. The Hall–Kier alpha value is -2.61. The van der Waals surface area contributed by atoms with E-state index in [2.05, 4.69) is 10.6 Å². The van der Waals surface area contributed by atoms with Crippen LogP contribution in [-0.4, -0.2) is 42.0 Å². The lowest BCUT2D eigenvalue weighted by molar-refractivity contribution is -0.127. The highest BCUT2D eigenvalue weighted by Gasteiger charge is 2.15. The van der Waals surface area contributed by atoms with Gasteiger partial charge in [-0.1, -0.05) is 12.1 Å². The van der Waals surface area contributed by atoms with Crippen molar-refractivity contribution >= 4 is 17.7 Å². The summed E-state index contributed by atoms with van der Waals surface area (Å²) < 4.78 is 0. The molecule has 1 atom stereocenters. The van der Waals surface area contributed by atoms with E-state index in [1.807, 2.05) is 0 Å². The second kappa shape index (κ2) is 7.85. The topological polar surface area (TPSA) is 148 Å². The molecule has 0 saturated carbocycles. The van der Waals surface area contributed by atoms with Gasteiger partial charge in [-0.2, -0.15) is 0 Å². The van der Waals surface area contributed by atoms with Crippen molar-refractivity contribution in [2.24, 2.45) is 11.5 Å². The molecule has 0 heterocycles. The lowest BCUT2D eigenvalue weighted by Crippen LogP contribution is -2.46. The van der Waals surface area contributed by atoms with Crippen LogP contribution in [0.2, 0.25) is 0 Å². The number of nitrogens with two attached hydrogens (primary N) is 2. The smallest absolute Gasteiger partial charge is 0.239 e. The van der Waals surface area contributed by atoms with Crippen molar-refractivity contribution in [3.63, 3.8) is 0 Å². The third-order valence-electron chi connectivity index (χ3n) is 2.61. The summed E-state index contributed by atoms with van der Waals surface area (Å²) in [7, 11) is 0. The van der Waals surface area contributed by atoms with Crippen LogP contribution in [-0.2, 0) is 20.8 Å². The van der Waals surface area contributed by atoms with Crippen LogP contribution in [0.4, 0.5) is 0 Å². The molecule has 8 nitrogen and oxygen atoms in total. The number of aromatic hydroxyl groups is 1. The first-order valence-corrected chi connectivity index (χ1v) is 6.24. The summed E-state index contributed by atoms with van der Waals surface area (Å²) >= 11 is 0. The van der Waals surface area contributed by atoms with E-state index in [0.29, 0.717) is 0 Å². The van der Waals surface area contributed by atoms with Gasteiger partial charge in [0.2, 0.25) is 17.7 Å². The van der Waals surface area contributed by atoms with Crippen LogP contribution in [0.5, 0.6) is 5.75 Å². The number of phenolic OH excluding ortho intramolecular Hbond substituents is 1. The summed E-state index contributed by atoms with van der Waals surface area (Å²) in [5.41, 5.74) is 11.4. The summed E-state index contributed by atoms with van der Waals surface area (Å²) in [4.78, 5) is 33.4. The van der Waals surface area contributed by atoms with Gasteiger partial charge < -0.3 is 27.2 Å². The summed E-state index contributed by atoms with van der Waals surface area (Å²) in [5, 5.41) is 13.7. The second-order valence-electron chi connectivity index (χ2n) is 4.44. The van der Waals surface area contributed by atoms with Crippen molar-refractivity contribution in [2.75, 3.05) is 13.1 Å². The van der Waals surface area contributed by atoms with Gasteiger partial charge in [0.05, 0.1) is 19.1 Å². The van der Waals surface area contributed by atoms with E-state index in [-0.39, 0.29) is 25.3 Å². The normalized spacial score (nSPS) is 11.5. The van der Waals surface area contributed by atoms with Crippen LogP contribution in [0, 0.1) is 0 Å². The fraction of sp³-hybridized carbons (Fsp3) is 0.308. The van der Waals surface area contributed by atoms with Gasteiger partial charge in [0.15, 0.2) is 0 Å². The Kier molecular flexibility index (Phi) is 6.15. The number of hydrogen-bond donors (Lipinski definition) is 5. The minimum atomic E-state index is -0.821. The van der Waals surface area contributed by atoms with Gasteiger partial charge in [-0.3, -0.25) is 14.4 Å². The molecular formula is C13H18N4O4. The molecule has 1 rings (SSSR count). The largest absolute Gasteiger partial charge is 0.508 e. The van der Waals surface area contributed by atoms with Crippen molar-refractivity contribution in [3.8, 4) is 5.75 Å². The van der Waals surface area contributed by atoms with Gasteiger partial charge in [0.25, 0.3) is 0 Å². The number of carbonyl (C=O) groups excluding carboxylic acids is 3. The van der Waals surface area contributed by atoms with Crippen molar-refractivity contribution < 1.29 is 19.5 Å². The van der Waals surface area contributed by atoms with Crippen LogP contribution < -0.4 is 22.1 Å². The molecule has 0 saturated heterocycles. The molecule has 0 spiro atoms. The number of rotatable bonds is 7. The Morgan fingerprint density at radius 2 is 1.71 bits per heavy atom. The lowest BCUT2D eigenvalue weighted by atomic mass is 10.1. The van der Waals surface area contributed by atoms with Gasteiger partial charge >= 0.3 is 0 Å². The number of benzene rings is 1. The Balaban J connectivity index is 2.35. The van der Waals surface area contributed by atoms with Crippen molar-refractivity contribution in [2.45, 2.75) is 12.5 Å². The van der Waals surface area contributed by atoms with Crippen molar-refractivity contribution in [1.29, 1.82) is 0 Å². The highest BCUT2D eigenvalue weighted by Crippen LogP contribution is 2.10. The van der Waals surface area contributed by atoms with E-state index in [4.69, 9.17) is 16.6 Å². The average Bonchev–Trinajstić information content (AvgIpc) is 2.44. The summed E-state index contributed by atoms with van der Waals surface area (Å²) in [6.07, 6.45) is 0.273. The minimum absolute atomic E-state index is 0.128. The highest BCUT2D eigenvalue weighted by atomic mass is 16.3. The van der Waals surface area contributed by atoms with E-state index in [1.54, 1.807) is 12.1 Å². The Bertz CT molecular complexity index is 515. The predicted octanol–water partition coefficient (Wildman–Crippen LogP) is -2.02. The van der Waals surface area contributed by atoms with E-state index in [1.165, 1.54) is 12.1 Å². The zero-order valence-electron chi connectivity index (χ0n) is 11.3. The summed E-state index contributed by atoms with van der Waals surface area (Å²) in [6.45, 7) is -0.566. The maximum atomic E-state index is 11.7. The zero-order chi connectivity index (χ0) is 15.8. The standard InChI is InChI=1S/C13H18N4O4/c14-10(5-8-1-3-9(18)4-2-8)13(21)17-7-12(20)16-6-11(15)19/h1-4,10,18H,5-7,14H2,(H2,15,19)(H,16,20)(H,17,21)/t10-/m0/s1. The molecule has 1 aromatic carbocycles. The molecule has 0 fully saturated rings. The highest BCUT2D eigenvalue weighted by molar-refractivity contribution is 5.89. The Morgan fingerprint density at radius 3 is 2.29 bits per heavy atom. The summed E-state index contributed by atoms with van der Waals surface area (Å²) in [6, 6.07) is 5.48. The van der Waals surface area contributed by atoms with Crippen LogP contribution in [0.3, 0.4) is 0 Å². The number of nitrogens with one attached hydrogen (secondary N) is 2. The third-order valence-corrected chi connectivity index (χ3v) is 2.61. The molecule has 0 aliphatic rings. The SMILES string of the molecule is NC(=O)CNC(=O)CNC(=O)[C@@H](N)Cc1ccc(O)cc1. The van der Waals surface area contributed by atoms with Gasteiger partial charge in [-0.15, -0.1) is 0 Å². The van der Waals surface area contributed by atoms with Gasteiger partial charge in [0, 0.05) is 0 Å². The van der Waals surface area contributed by atoms with Crippen LogP contribution in [0.25, 0.3) is 0 Å². The number of amides is 3. The van der Waals surface area contributed by atoms with Crippen LogP contribution >= 0.6 is 0 Å². The molecule has 21 heavy (non-hydrogen) atoms. The monoisotopic (exact) mass is 294 g/mol. The van der Waals surface area contributed by atoms with Crippen molar-refractivity contribution in [1.82, 2.24) is 10.6 Å². The molecule has 1 aromatic rings. The molecule has 0 unspecified atom stereocenters. The Morgan fingerprint density at radius 1 is 1.10 bits per heavy atom. The molecule has 0 aromatic heterocycles. The first-order valence-electron chi connectivity index (χ1n) is 6.24. The van der Waals surface area contributed by atoms with E-state index in [9.17, 15) is 14.4 Å². The van der Waals surface area contributed by atoms with E-state index >= 15 is 0 Å². The zero-order valence-corrected chi connectivity index (χ0v) is 11.3. The van der Waals surface area contributed by atoms with Gasteiger partial charge in [0.1, 0.15) is 5.75 Å². The number of phenols is 1. The second-order valence-corrected chi connectivity index (χ2v) is 4.44. The maximum absolute atomic E-state index is 11.7. The molecule has 0 bridgehead atoms. The summed E-state index contributed by atoms with van der Waals surface area (Å²) in [5.74, 6) is -1.56. The number of primary amides is 1. The fourth-order valence-corrected chi connectivity index (χ4v) is 1.53. The molecule has 7 N–H and O–H groups in total. The third kappa shape index (κ3) is 6.39. The first-order chi connectivity index (χ1) is 9.88. The molecular weight excluding hydrogens is 276 g/mol. The Labute approximate surface area is 121 Å². The number of hydrogen-bond acceptors (Lipinski definition) is 5. The minimum Gasteiger partial charge on any atom is -0.508 e. The van der Waals surface area contributed by atoms with Crippen LogP contribution in [0.15, 0.2) is 24.3 Å². The lowest BCUT2D eigenvalue weighted by Gasteiger charge is -2.12. The predicted molar refractivity (Wildman–Crippen MR) is 75.0 cm³/mol. The van der Waals surface area contributed by atoms with Crippen LogP contribution in [0.1, 0.15) is 5.56 Å². The van der Waals surface area contributed by atoms with Crippen molar-refractivity contribution in [3.05, 3.63) is 29.8 Å². The number of carbonyl (C=O) groups is 3.